The number of aliphatic hydroxyl groups excluding tert-OH is 1. The molecule has 2 rings (SSSR count). The summed E-state index contributed by atoms with van der Waals surface area (Å²) >= 11 is 0. The van der Waals surface area contributed by atoms with Crippen molar-refractivity contribution in [3.8, 4) is 0 Å². The third-order valence-electron chi connectivity index (χ3n) is 3.40. The maximum atomic E-state index is 10.2. The number of nitrogens with two attached hydrogens (primary N) is 1. The van der Waals surface area contributed by atoms with Gasteiger partial charge in [0.05, 0.1) is 11.8 Å². The lowest BCUT2D eigenvalue weighted by atomic mass is 10.1. The molecule has 112 valence electrons. The first-order valence-corrected chi connectivity index (χ1v) is 7.09. The summed E-state index contributed by atoms with van der Waals surface area (Å²) in [7, 11) is 1.96. The molecule has 0 spiro atoms. The van der Waals surface area contributed by atoms with Gasteiger partial charge in [-0.3, -0.25) is 0 Å². The summed E-state index contributed by atoms with van der Waals surface area (Å²) in [5.74, 6) is 1.55. The molecule has 1 unspecified atom stereocenters. The zero-order valence-electron chi connectivity index (χ0n) is 12.5. The van der Waals surface area contributed by atoms with Crippen molar-refractivity contribution in [2.45, 2.75) is 26.0 Å². The van der Waals surface area contributed by atoms with Crippen LogP contribution in [0.15, 0.2) is 36.4 Å². The van der Waals surface area contributed by atoms with Crippen molar-refractivity contribution in [1.82, 2.24) is 9.97 Å². The van der Waals surface area contributed by atoms with Gasteiger partial charge >= 0.3 is 0 Å². The van der Waals surface area contributed by atoms with Gasteiger partial charge in [0, 0.05) is 26.2 Å². The predicted octanol–water partition coefficient (Wildman–Crippen LogP) is 1.80. The Labute approximate surface area is 125 Å². The Kier molecular flexibility index (Phi) is 5.25. The molecule has 0 saturated heterocycles. The minimum atomic E-state index is -0.467. The first-order valence-electron chi connectivity index (χ1n) is 7.09. The highest BCUT2D eigenvalue weighted by atomic mass is 16.3. The van der Waals surface area contributed by atoms with Gasteiger partial charge in [-0.2, -0.15) is 0 Å². The van der Waals surface area contributed by atoms with Crippen molar-refractivity contribution in [1.29, 1.82) is 0 Å². The molecule has 0 amide bonds. The molecular weight excluding hydrogens is 264 g/mol. The van der Waals surface area contributed by atoms with Crippen molar-refractivity contribution >= 4 is 5.82 Å². The number of rotatable bonds is 6. The first-order chi connectivity index (χ1) is 10.1. The van der Waals surface area contributed by atoms with Gasteiger partial charge in [-0.05, 0) is 18.9 Å². The topological polar surface area (TPSA) is 75.3 Å². The largest absolute Gasteiger partial charge is 0.388 e. The molecule has 0 aliphatic heterocycles. The number of aliphatic hydroxyl groups is 1. The van der Waals surface area contributed by atoms with E-state index >= 15 is 0 Å². The SMILES string of the molecule is Cc1nc(CN)cc(N(C)CCC(O)c2ccccc2)n1. The summed E-state index contributed by atoms with van der Waals surface area (Å²) in [6.07, 6.45) is 0.173. The van der Waals surface area contributed by atoms with Gasteiger partial charge in [0.25, 0.3) is 0 Å². The van der Waals surface area contributed by atoms with Crippen LogP contribution in [0.3, 0.4) is 0 Å². The summed E-state index contributed by atoms with van der Waals surface area (Å²) in [5.41, 5.74) is 7.40. The highest BCUT2D eigenvalue weighted by molar-refractivity contribution is 5.38. The molecule has 0 radical (unpaired) electrons. The molecule has 1 aromatic heterocycles. The molecule has 21 heavy (non-hydrogen) atoms. The highest BCUT2D eigenvalue weighted by Crippen LogP contribution is 2.18. The van der Waals surface area contributed by atoms with Crippen LogP contribution in [0.5, 0.6) is 0 Å². The number of aromatic nitrogens is 2. The van der Waals surface area contributed by atoms with Crippen LogP contribution in [-0.4, -0.2) is 28.7 Å². The Morgan fingerprint density at radius 2 is 1.95 bits per heavy atom. The fraction of sp³-hybridized carbons (Fsp3) is 0.375. The van der Waals surface area contributed by atoms with Gasteiger partial charge < -0.3 is 15.7 Å². The number of nitrogens with zero attached hydrogens (tertiary/aromatic N) is 3. The molecule has 0 aliphatic carbocycles. The maximum Gasteiger partial charge on any atom is 0.132 e. The van der Waals surface area contributed by atoms with E-state index in [-0.39, 0.29) is 0 Å². The van der Waals surface area contributed by atoms with E-state index in [1.807, 2.05) is 55.3 Å². The van der Waals surface area contributed by atoms with E-state index in [9.17, 15) is 5.11 Å². The smallest absolute Gasteiger partial charge is 0.132 e. The molecule has 0 bridgehead atoms. The number of hydrogen-bond donors (Lipinski definition) is 2. The Hall–Kier alpha value is -1.98. The van der Waals surface area contributed by atoms with Gasteiger partial charge in [0.1, 0.15) is 11.6 Å². The van der Waals surface area contributed by atoms with Crippen LogP contribution in [0, 0.1) is 6.92 Å². The minimum absolute atomic E-state index is 0.400. The molecule has 1 atom stereocenters. The summed E-state index contributed by atoms with van der Waals surface area (Å²) < 4.78 is 0. The summed E-state index contributed by atoms with van der Waals surface area (Å²) in [6, 6.07) is 11.6. The van der Waals surface area contributed by atoms with Crippen molar-refractivity contribution in [2.75, 3.05) is 18.5 Å². The number of benzene rings is 1. The van der Waals surface area contributed by atoms with Crippen molar-refractivity contribution in [3.63, 3.8) is 0 Å². The average Bonchev–Trinajstić information content (AvgIpc) is 2.52. The Morgan fingerprint density at radius 1 is 1.24 bits per heavy atom. The maximum absolute atomic E-state index is 10.2. The van der Waals surface area contributed by atoms with E-state index in [2.05, 4.69) is 9.97 Å². The zero-order valence-corrected chi connectivity index (χ0v) is 12.5. The van der Waals surface area contributed by atoms with Crippen LogP contribution in [0.4, 0.5) is 5.82 Å². The molecule has 5 nitrogen and oxygen atoms in total. The van der Waals surface area contributed by atoms with Crippen LogP contribution in [0.2, 0.25) is 0 Å². The van der Waals surface area contributed by atoms with E-state index < -0.39 is 6.10 Å². The van der Waals surface area contributed by atoms with E-state index in [1.165, 1.54) is 0 Å². The number of aryl methyl sites for hydroxylation is 1. The number of anilines is 1. The van der Waals surface area contributed by atoms with Crippen molar-refractivity contribution in [3.05, 3.63) is 53.5 Å². The van der Waals surface area contributed by atoms with Gasteiger partial charge in [-0.25, -0.2) is 9.97 Å². The summed E-state index contributed by atoms with van der Waals surface area (Å²) in [5, 5.41) is 10.2. The van der Waals surface area contributed by atoms with Gasteiger partial charge in [-0.1, -0.05) is 30.3 Å². The standard InChI is InChI=1S/C16H22N4O/c1-12-18-14(11-17)10-16(19-12)20(2)9-8-15(21)13-6-4-3-5-7-13/h3-7,10,15,21H,8-9,11,17H2,1-2H3. The van der Waals surface area contributed by atoms with Gasteiger partial charge in [-0.15, -0.1) is 0 Å². The van der Waals surface area contributed by atoms with Gasteiger partial charge in [0.2, 0.25) is 0 Å². The molecule has 0 fully saturated rings. The molecule has 5 heteroatoms. The van der Waals surface area contributed by atoms with E-state index in [1.54, 1.807) is 0 Å². The second kappa shape index (κ2) is 7.15. The summed E-state index contributed by atoms with van der Waals surface area (Å²) in [4.78, 5) is 10.7. The highest BCUT2D eigenvalue weighted by Gasteiger charge is 2.10. The van der Waals surface area contributed by atoms with Crippen LogP contribution in [-0.2, 0) is 6.54 Å². The van der Waals surface area contributed by atoms with Crippen LogP contribution in [0.25, 0.3) is 0 Å². The monoisotopic (exact) mass is 286 g/mol. The Bertz CT molecular complexity index is 574. The fourth-order valence-corrected chi connectivity index (χ4v) is 2.18. The lowest BCUT2D eigenvalue weighted by Crippen LogP contribution is -2.22. The first kappa shape index (κ1) is 15.4. The van der Waals surface area contributed by atoms with Gasteiger partial charge in [0.15, 0.2) is 0 Å². The third-order valence-corrected chi connectivity index (χ3v) is 3.40. The normalized spacial score (nSPS) is 12.2. The quantitative estimate of drug-likeness (QED) is 0.847. The van der Waals surface area contributed by atoms with Crippen LogP contribution < -0.4 is 10.6 Å². The van der Waals surface area contributed by atoms with E-state index in [0.717, 1.165) is 17.1 Å². The molecule has 0 saturated carbocycles. The summed E-state index contributed by atoms with van der Waals surface area (Å²) in [6.45, 7) is 2.96. The minimum Gasteiger partial charge on any atom is -0.388 e. The number of hydrogen-bond acceptors (Lipinski definition) is 5. The second-order valence-corrected chi connectivity index (χ2v) is 5.11. The van der Waals surface area contributed by atoms with E-state index in [0.29, 0.717) is 25.3 Å². The Balaban J connectivity index is 1.98. The van der Waals surface area contributed by atoms with Crippen molar-refractivity contribution < 1.29 is 5.11 Å². The molecule has 1 aromatic carbocycles. The lowest BCUT2D eigenvalue weighted by Gasteiger charge is -2.21. The third kappa shape index (κ3) is 4.24. The van der Waals surface area contributed by atoms with E-state index in [4.69, 9.17) is 5.73 Å². The van der Waals surface area contributed by atoms with Crippen molar-refractivity contribution in [2.24, 2.45) is 5.73 Å². The molecule has 1 heterocycles. The van der Waals surface area contributed by atoms with Crippen LogP contribution >= 0.6 is 0 Å². The lowest BCUT2D eigenvalue weighted by molar-refractivity contribution is 0.170. The fourth-order valence-electron chi connectivity index (χ4n) is 2.18. The molecule has 2 aromatic rings. The Morgan fingerprint density at radius 3 is 2.62 bits per heavy atom. The molecular formula is C16H22N4O. The average molecular weight is 286 g/mol. The molecule has 3 N–H and O–H groups in total. The van der Waals surface area contributed by atoms with Crippen LogP contribution in [0.1, 0.15) is 29.6 Å². The predicted molar refractivity (Wildman–Crippen MR) is 83.9 cm³/mol. The second-order valence-electron chi connectivity index (χ2n) is 5.11. The molecule has 0 aliphatic rings. The zero-order chi connectivity index (χ0) is 15.2.